The Hall–Kier alpha value is -10.8. The molecule has 3 fully saturated rings. The molecule has 108 heavy (non-hydrogen) atoms. The molecule has 34 heteroatoms. The van der Waals surface area contributed by atoms with Gasteiger partial charge in [-0.15, -0.1) is 0 Å². The zero-order chi connectivity index (χ0) is 75.7. The molecular weight excluding hydrogens is 1420 g/mol. The highest BCUT2D eigenvalue weighted by atomic mass is 35.5. The largest absolute Gasteiger partial charge is 1.00 e. The van der Waals surface area contributed by atoms with E-state index in [4.69, 9.17) is 61.5 Å². The van der Waals surface area contributed by atoms with Crippen LogP contribution in [-0.4, -0.2) is 192 Å². The maximum Gasteiger partial charge on any atom is 0.414 e. The zero-order valence-electron chi connectivity index (χ0n) is 62.0. The highest BCUT2D eigenvalue weighted by molar-refractivity contribution is 6.11. The van der Waals surface area contributed by atoms with Gasteiger partial charge >= 0.3 is 29.8 Å². The quantitative estimate of drug-likeness (QED) is 0.0465. The minimum absolute atomic E-state index is 0. The number of aryl methyl sites for hydroxylation is 1. The Labute approximate surface area is 627 Å². The minimum atomic E-state index is -0.673. The summed E-state index contributed by atoms with van der Waals surface area (Å²) in [7, 11) is 8.12. The molecule has 0 radical (unpaired) electrons. The van der Waals surface area contributed by atoms with Gasteiger partial charge in [-0.3, -0.25) is 28.7 Å². The smallest absolute Gasteiger partial charge is 0.414 e. The molecule has 3 saturated heterocycles. The van der Waals surface area contributed by atoms with Crippen LogP contribution in [0.1, 0.15) is 126 Å². The van der Waals surface area contributed by atoms with Crippen molar-refractivity contribution in [1.82, 2.24) is 69.3 Å². The molecule has 11 aromatic rings. The second-order valence-corrected chi connectivity index (χ2v) is 24.9. The average molecular weight is 1510 g/mol. The van der Waals surface area contributed by atoms with Gasteiger partial charge in [-0.25, -0.2) is 79.4 Å². The van der Waals surface area contributed by atoms with Crippen molar-refractivity contribution in [2.24, 2.45) is 7.05 Å². The van der Waals surface area contributed by atoms with Crippen molar-refractivity contribution in [3.8, 4) is 45.0 Å². The number of hydrogen-bond acceptors (Lipinski definition) is 27. The normalized spacial score (nSPS) is 17.6. The van der Waals surface area contributed by atoms with Crippen LogP contribution in [0, 0.1) is 0 Å². The van der Waals surface area contributed by atoms with E-state index in [0.717, 1.165) is 42.7 Å². The third-order valence-electron chi connectivity index (χ3n) is 18.3. The molecule has 0 spiro atoms. The summed E-state index contributed by atoms with van der Waals surface area (Å²) in [5, 5.41) is 5.29. The van der Waals surface area contributed by atoms with E-state index in [1.807, 2.05) is 46.3 Å². The number of hydrogen-bond donors (Lipinski definition) is 1. The standard InChI is InChI=1S/C24H23N7O3.C24H29N5O6.C24H28N4O6.C2H7NO.ClH/c1-3-17-8-16(6-7-33-17)31-22-21-19(5-4-18(28-21)14-9-25-13-26-10-14)34-23(22)20(29-24(31)32)15-11-27-30(2)12-15;1-5-17-11-16(9-10-34-17)29(24(31)33-6-2)21-20-19(35-22(21)23(30)28(3)32-4)8-7-18(27-20)15-12-25-14-26-13-15;1-4-17-11-16(9-10-33-17)28(24(30)32-6-3)21-20-19(34-22(21)23(29)31-5-2)8-7-18(27-20)15-12-25-14-26-13-15;1-3-4-2;/h4-5,9-13,16-17H,3,6-8H2,1-2H3;7-8,12-14,16-17H,5-6,9-11H2,1-4H3;7-8,12-14,16-17H,4-6,9-11H2,1-3H3;3H,1-2H3;1H/t3*16-,17-;;/m000../s1. The number of furan rings is 3. The fourth-order valence-electron chi connectivity index (χ4n) is 12.9. The molecule has 11 aromatic heterocycles. The van der Waals surface area contributed by atoms with Gasteiger partial charge in [-0.05, 0) is 115 Å². The maximum atomic E-state index is 13.5. The summed E-state index contributed by atoms with van der Waals surface area (Å²) < 4.78 is 55.2. The van der Waals surface area contributed by atoms with Crippen molar-refractivity contribution in [3.05, 3.63) is 127 Å². The van der Waals surface area contributed by atoms with Gasteiger partial charge in [0.1, 0.15) is 58.1 Å². The van der Waals surface area contributed by atoms with Gasteiger partial charge in [0.15, 0.2) is 22.3 Å². The fourth-order valence-corrected chi connectivity index (χ4v) is 12.9. The summed E-state index contributed by atoms with van der Waals surface area (Å²) >= 11 is 0. The summed E-state index contributed by atoms with van der Waals surface area (Å²) in [4.78, 5) is 122. The summed E-state index contributed by atoms with van der Waals surface area (Å²) in [6, 6.07) is 10.0. The summed E-state index contributed by atoms with van der Waals surface area (Å²) in [6.45, 7) is 13.4. The first-order valence-corrected chi connectivity index (χ1v) is 35.6. The van der Waals surface area contributed by atoms with Gasteiger partial charge in [0.05, 0.1) is 82.7 Å². The van der Waals surface area contributed by atoms with Crippen LogP contribution >= 0.6 is 0 Å². The molecule has 572 valence electrons. The summed E-state index contributed by atoms with van der Waals surface area (Å²) in [6.07, 6.45) is 23.0. The second kappa shape index (κ2) is 37.6. The third kappa shape index (κ3) is 17.9. The second-order valence-electron chi connectivity index (χ2n) is 24.9. The van der Waals surface area contributed by atoms with Gasteiger partial charge in [0.2, 0.25) is 11.5 Å². The van der Waals surface area contributed by atoms with Crippen molar-refractivity contribution in [3.63, 3.8) is 0 Å². The van der Waals surface area contributed by atoms with Gasteiger partial charge < -0.3 is 54.1 Å². The first-order chi connectivity index (χ1) is 52.1. The first-order valence-electron chi connectivity index (χ1n) is 35.6. The van der Waals surface area contributed by atoms with E-state index in [1.165, 1.54) is 42.9 Å². The Bertz CT molecular complexity index is 4890. The number of fused-ring (bicyclic) bond motifs is 5. The van der Waals surface area contributed by atoms with E-state index in [1.54, 1.807) is 110 Å². The molecule has 33 nitrogen and oxygen atoms in total. The Kier molecular flexibility index (Phi) is 27.8. The van der Waals surface area contributed by atoms with E-state index in [9.17, 15) is 24.0 Å². The van der Waals surface area contributed by atoms with Crippen molar-refractivity contribution >= 4 is 79.8 Å². The number of carbonyl (C=O) groups excluding carboxylic acids is 4. The van der Waals surface area contributed by atoms with E-state index in [0.29, 0.717) is 129 Å². The van der Waals surface area contributed by atoms with Crippen LogP contribution in [0.5, 0.6) is 0 Å². The van der Waals surface area contributed by atoms with Crippen LogP contribution in [0.2, 0.25) is 0 Å². The lowest BCUT2D eigenvalue weighted by atomic mass is 9.99. The van der Waals surface area contributed by atoms with Crippen molar-refractivity contribution in [2.75, 3.05) is 77.8 Å². The number of amides is 3. The SMILES string of the molecule is CCOC(=O)N(c1c(C(=O)N(C)OC)oc2ccc(-c3cncnc3)nc12)[C@H]1CCO[C@@H](CC)C1.CCOC(=O)c1oc2ccc(-c3cncnc3)nc2c1N(C(=O)OCC)[C@H]1CCO[C@@H](CC)C1.CC[C@H]1C[C@@H](n2c(=O)nc(-c3cnn(C)c3)c3oc4ccc(-c5cncnc5)nc4c32)CCO1.C[NH2+]OC.[Cl-]. The number of nitrogens with two attached hydrogens (primary N) is 1. The van der Waals surface area contributed by atoms with E-state index in [2.05, 4.69) is 51.7 Å². The monoisotopic (exact) mass is 1510 g/mol. The van der Waals surface area contributed by atoms with E-state index in [-0.39, 0.29) is 97.3 Å². The predicted octanol–water partition coefficient (Wildman–Crippen LogP) is 7.49. The first kappa shape index (κ1) is 79.7. The summed E-state index contributed by atoms with van der Waals surface area (Å²) in [5.74, 6) is -1.38. The van der Waals surface area contributed by atoms with E-state index < -0.39 is 24.1 Å². The molecule has 14 rings (SSSR count). The molecule has 2 N–H and O–H groups in total. The van der Waals surface area contributed by atoms with Crippen LogP contribution in [0.3, 0.4) is 0 Å². The lowest BCUT2D eigenvalue weighted by molar-refractivity contribution is -0.871. The number of aromatic nitrogens is 13. The Balaban J connectivity index is 0.000000168. The number of nitrogens with zero attached hydrogens (tertiary/aromatic N) is 16. The molecule has 0 aromatic carbocycles. The number of rotatable bonds is 19. The molecule has 3 aliphatic heterocycles. The lowest BCUT2D eigenvalue weighted by Gasteiger charge is -2.36. The minimum Gasteiger partial charge on any atom is -1.00 e. The van der Waals surface area contributed by atoms with Crippen LogP contribution in [0.25, 0.3) is 89.4 Å². The maximum absolute atomic E-state index is 13.5. The number of hydroxylamine groups is 3. The lowest BCUT2D eigenvalue weighted by Crippen LogP contribution is -3.00. The number of ether oxygens (including phenoxy) is 6. The number of anilines is 2. The Morgan fingerprint density at radius 1 is 0.556 bits per heavy atom. The van der Waals surface area contributed by atoms with Crippen molar-refractivity contribution < 1.29 is 88.4 Å². The average Bonchev–Trinajstić information content (AvgIpc) is 1.58. The molecule has 3 amide bonds. The van der Waals surface area contributed by atoms with Crippen LogP contribution in [0.4, 0.5) is 21.0 Å². The van der Waals surface area contributed by atoms with Crippen molar-refractivity contribution in [1.29, 1.82) is 0 Å². The van der Waals surface area contributed by atoms with Gasteiger partial charge in [0.25, 0.3) is 0 Å². The number of pyridine rings is 3. The zero-order valence-corrected chi connectivity index (χ0v) is 62.8. The third-order valence-corrected chi connectivity index (χ3v) is 18.3. The van der Waals surface area contributed by atoms with Crippen LogP contribution < -0.4 is 33.4 Å². The van der Waals surface area contributed by atoms with Crippen molar-refractivity contribution in [2.45, 2.75) is 136 Å². The highest BCUT2D eigenvalue weighted by Crippen LogP contribution is 2.42. The Morgan fingerprint density at radius 2 is 0.991 bits per heavy atom. The van der Waals surface area contributed by atoms with Gasteiger partial charge in [-0.2, -0.15) is 10.1 Å². The molecule has 0 saturated carbocycles. The topological polar surface area (TPSA) is 377 Å². The number of halogens is 1. The summed E-state index contributed by atoms with van der Waals surface area (Å²) in [5.41, 5.74) is 10.7. The van der Waals surface area contributed by atoms with Crippen LogP contribution in [0.15, 0.2) is 123 Å². The predicted molar refractivity (Wildman–Crippen MR) is 390 cm³/mol. The van der Waals surface area contributed by atoms with E-state index >= 15 is 0 Å². The van der Waals surface area contributed by atoms with Crippen LogP contribution in [-0.2, 0) is 45.1 Å². The molecule has 0 aliphatic carbocycles. The van der Waals surface area contributed by atoms with Gasteiger partial charge in [0, 0.05) is 118 Å². The molecule has 0 unspecified atom stereocenters. The van der Waals surface area contributed by atoms with Gasteiger partial charge in [-0.1, -0.05) is 20.8 Å². The highest BCUT2D eigenvalue weighted by Gasteiger charge is 2.41. The molecule has 0 bridgehead atoms. The number of carbonyl (C=O) groups is 4. The molecule has 14 heterocycles. The molecular formula is C74H88ClN17O16. The number of esters is 1. The fraction of sp³-hybridized carbons (Fsp3) is 0.432. The Morgan fingerprint density at radius 3 is 1.43 bits per heavy atom. The molecule has 3 aliphatic rings. The number of quaternary nitrogens is 1. The molecule has 6 atom stereocenters.